The topological polar surface area (TPSA) is 71.1 Å². The molecule has 1 fully saturated rings. The summed E-state index contributed by atoms with van der Waals surface area (Å²) in [6, 6.07) is 7.72. The summed E-state index contributed by atoms with van der Waals surface area (Å²) in [7, 11) is 0. The number of anilines is 1. The maximum Gasteiger partial charge on any atom is 0.324 e. The number of amides is 3. The molecule has 1 aromatic rings. The SMILES string of the molecule is CC[C@@H]1CN(C(=O)N2CCC(C(=O)NCCCOC(C)C)CC2)c2ccccc2O1. The van der Waals surface area contributed by atoms with Gasteiger partial charge in [0.2, 0.25) is 5.91 Å². The van der Waals surface area contributed by atoms with Gasteiger partial charge in [-0.3, -0.25) is 9.69 Å². The lowest BCUT2D eigenvalue weighted by atomic mass is 9.96. The van der Waals surface area contributed by atoms with Crippen LogP contribution in [0, 0.1) is 5.92 Å². The molecular formula is C23H35N3O4. The first-order chi connectivity index (χ1) is 14.5. The lowest BCUT2D eigenvalue weighted by Crippen LogP contribution is -2.52. The van der Waals surface area contributed by atoms with Crippen molar-refractivity contribution >= 4 is 17.6 Å². The first kappa shape index (κ1) is 22.4. The Bertz CT molecular complexity index is 716. The van der Waals surface area contributed by atoms with Crippen LogP contribution in [0.4, 0.5) is 10.5 Å². The third-order valence-electron chi connectivity index (χ3n) is 5.73. The Morgan fingerprint density at radius 3 is 2.67 bits per heavy atom. The molecule has 0 aliphatic carbocycles. The molecule has 2 aliphatic rings. The average molecular weight is 418 g/mol. The molecule has 0 unspecified atom stereocenters. The molecule has 2 aliphatic heterocycles. The summed E-state index contributed by atoms with van der Waals surface area (Å²) < 4.78 is 11.5. The highest BCUT2D eigenvalue weighted by Crippen LogP contribution is 2.34. The number of benzene rings is 1. The lowest BCUT2D eigenvalue weighted by Gasteiger charge is -2.39. The molecule has 1 N–H and O–H groups in total. The van der Waals surface area contributed by atoms with Crippen LogP contribution in [0.15, 0.2) is 24.3 Å². The van der Waals surface area contributed by atoms with E-state index in [1.807, 2.05) is 47.9 Å². The van der Waals surface area contributed by atoms with Crippen molar-refractivity contribution in [2.45, 2.75) is 58.7 Å². The number of ether oxygens (including phenoxy) is 2. The number of carbonyl (C=O) groups excluding carboxylic acids is 2. The second-order valence-electron chi connectivity index (χ2n) is 8.33. The van der Waals surface area contributed by atoms with E-state index in [1.165, 1.54) is 0 Å². The Balaban J connectivity index is 1.49. The smallest absolute Gasteiger partial charge is 0.324 e. The fraction of sp³-hybridized carbons (Fsp3) is 0.652. The number of rotatable bonds is 7. The summed E-state index contributed by atoms with van der Waals surface area (Å²) in [4.78, 5) is 29.4. The number of fused-ring (bicyclic) bond motifs is 1. The third-order valence-corrected chi connectivity index (χ3v) is 5.73. The molecule has 2 heterocycles. The molecule has 3 rings (SSSR count). The minimum atomic E-state index is -0.0274. The van der Waals surface area contributed by atoms with Crippen LogP contribution in [0.25, 0.3) is 0 Å². The molecule has 0 spiro atoms. The number of hydrogen-bond acceptors (Lipinski definition) is 4. The van der Waals surface area contributed by atoms with E-state index in [4.69, 9.17) is 9.47 Å². The van der Waals surface area contributed by atoms with Gasteiger partial charge in [0.05, 0.1) is 18.3 Å². The molecule has 166 valence electrons. The highest BCUT2D eigenvalue weighted by molar-refractivity contribution is 5.94. The predicted octanol–water partition coefficient (Wildman–Crippen LogP) is 3.43. The minimum Gasteiger partial charge on any atom is -0.486 e. The number of nitrogens with one attached hydrogen (secondary N) is 1. The largest absolute Gasteiger partial charge is 0.486 e. The Hall–Kier alpha value is -2.28. The summed E-state index contributed by atoms with van der Waals surface area (Å²) in [5, 5.41) is 3.01. The van der Waals surface area contributed by atoms with Crippen LogP contribution >= 0.6 is 0 Å². The zero-order valence-corrected chi connectivity index (χ0v) is 18.4. The number of piperidine rings is 1. The van der Waals surface area contributed by atoms with Crippen LogP contribution in [0.1, 0.15) is 46.5 Å². The summed E-state index contributed by atoms with van der Waals surface area (Å²) in [5.74, 6) is 0.828. The molecule has 0 saturated carbocycles. The van der Waals surface area contributed by atoms with Crippen LogP contribution in [0.3, 0.4) is 0 Å². The van der Waals surface area contributed by atoms with Gasteiger partial charge in [-0.25, -0.2) is 4.79 Å². The molecule has 0 aromatic heterocycles. The van der Waals surface area contributed by atoms with Gasteiger partial charge in [0.25, 0.3) is 0 Å². The highest BCUT2D eigenvalue weighted by atomic mass is 16.5. The third kappa shape index (κ3) is 5.65. The number of likely N-dealkylation sites (tertiary alicyclic amines) is 1. The normalized spacial score (nSPS) is 19.4. The molecule has 1 atom stereocenters. The van der Waals surface area contributed by atoms with Crippen molar-refractivity contribution in [3.8, 4) is 5.75 Å². The van der Waals surface area contributed by atoms with Crippen LogP contribution in [-0.2, 0) is 9.53 Å². The van der Waals surface area contributed by atoms with Gasteiger partial charge < -0.3 is 19.7 Å². The van der Waals surface area contributed by atoms with Crippen molar-refractivity contribution in [1.29, 1.82) is 0 Å². The van der Waals surface area contributed by atoms with Crippen molar-refractivity contribution in [3.05, 3.63) is 24.3 Å². The van der Waals surface area contributed by atoms with Crippen molar-refractivity contribution in [2.24, 2.45) is 5.92 Å². The van der Waals surface area contributed by atoms with E-state index in [0.717, 1.165) is 24.3 Å². The Morgan fingerprint density at radius 1 is 1.23 bits per heavy atom. The summed E-state index contributed by atoms with van der Waals surface area (Å²) in [6.07, 6.45) is 3.28. The number of hydrogen-bond donors (Lipinski definition) is 1. The van der Waals surface area contributed by atoms with Crippen LogP contribution in [0.5, 0.6) is 5.75 Å². The molecule has 7 heteroatoms. The molecule has 7 nitrogen and oxygen atoms in total. The fourth-order valence-electron chi connectivity index (χ4n) is 3.94. The quantitative estimate of drug-likeness (QED) is 0.690. The Morgan fingerprint density at radius 2 is 1.97 bits per heavy atom. The van der Waals surface area contributed by atoms with E-state index in [9.17, 15) is 9.59 Å². The van der Waals surface area contributed by atoms with Gasteiger partial charge in [0, 0.05) is 32.2 Å². The standard InChI is InChI=1S/C23H35N3O4/c1-4-19-16-26(20-8-5-6-9-21(20)30-19)23(28)25-13-10-18(11-14-25)22(27)24-12-7-15-29-17(2)3/h5-6,8-9,17-19H,4,7,10-16H2,1-3H3,(H,24,27)/t19-/m1/s1. The molecule has 0 bridgehead atoms. The van der Waals surface area contributed by atoms with E-state index in [-0.39, 0.29) is 30.1 Å². The van der Waals surface area contributed by atoms with Crippen LogP contribution in [-0.4, -0.2) is 61.8 Å². The molecular weight excluding hydrogens is 382 g/mol. The number of carbonyl (C=O) groups is 2. The number of nitrogens with zero attached hydrogens (tertiary/aromatic N) is 2. The second-order valence-corrected chi connectivity index (χ2v) is 8.33. The number of urea groups is 1. The summed E-state index contributed by atoms with van der Waals surface area (Å²) >= 11 is 0. The molecule has 1 aromatic carbocycles. The van der Waals surface area contributed by atoms with Gasteiger partial charge in [-0.2, -0.15) is 0 Å². The lowest BCUT2D eigenvalue weighted by molar-refractivity contribution is -0.126. The first-order valence-corrected chi connectivity index (χ1v) is 11.2. The Kier molecular flexibility index (Phi) is 7.96. The van der Waals surface area contributed by atoms with Gasteiger partial charge in [-0.15, -0.1) is 0 Å². The monoisotopic (exact) mass is 417 g/mol. The zero-order valence-electron chi connectivity index (χ0n) is 18.4. The van der Waals surface area contributed by atoms with Crippen molar-refractivity contribution in [2.75, 3.05) is 37.7 Å². The average Bonchev–Trinajstić information content (AvgIpc) is 2.77. The van der Waals surface area contributed by atoms with Crippen molar-refractivity contribution < 1.29 is 19.1 Å². The van der Waals surface area contributed by atoms with E-state index in [0.29, 0.717) is 45.6 Å². The van der Waals surface area contributed by atoms with Gasteiger partial charge in [0.15, 0.2) is 0 Å². The van der Waals surface area contributed by atoms with E-state index < -0.39 is 0 Å². The van der Waals surface area contributed by atoms with Crippen molar-refractivity contribution in [1.82, 2.24) is 10.2 Å². The van der Waals surface area contributed by atoms with E-state index in [1.54, 1.807) is 0 Å². The molecule has 3 amide bonds. The van der Waals surface area contributed by atoms with Gasteiger partial charge in [0.1, 0.15) is 11.9 Å². The second kappa shape index (κ2) is 10.7. The van der Waals surface area contributed by atoms with Gasteiger partial charge in [-0.1, -0.05) is 19.1 Å². The summed E-state index contributed by atoms with van der Waals surface area (Å²) in [5.41, 5.74) is 0.829. The zero-order chi connectivity index (χ0) is 21.5. The Labute approximate surface area is 179 Å². The van der Waals surface area contributed by atoms with Crippen LogP contribution < -0.4 is 15.0 Å². The molecule has 30 heavy (non-hydrogen) atoms. The highest BCUT2D eigenvalue weighted by Gasteiger charge is 2.34. The van der Waals surface area contributed by atoms with Crippen molar-refractivity contribution in [3.63, 3.8) is 0 Å². The first-order valence-electron chi connectivity index (χ1n) is 11.2. The number of para-hydroxylation sites is 2. The molecule has 1 saturated heterocycles. The van der Waals surface area contributed by atoms with Crippen LogP contribution in [0.2, 0.25) is 0 Å². The van der Waals surface area contributed by atoms with E-state index in [2.05, 4.69) is 12.2 Å². The minimum absolute atomic E-state index is 0.00634. The predicted molar refractivity (Wildman–Crippen MR) is 117 cm³/mol. The van der Waals surface area contributed by atoms with E-state index >= 15 is 0 Å². The molecule has 0 radical (unpaired) electrons. The fourth-order valence-corrected chi connectivity index (χ4v) is 3.94. The van der Waals surface area contributed by atoms with Gasteiger partial charge >= 0.3 is 6.03 Å². The summed E-state index contributed by atoms with van der Waals surface area (Å²) in [6.45, 7) is 9.13. The maximum atomic E-state index is 13.2. The van der Waals surface area contributed by atoms with Gasteiger partial charge in [-0.05, 0) is 51.7 Å². The maximum absolute atomic E-state index is 13.2.